The smallest absolute Gasteiger partial charge is 0.340 e. The number of likely N-dealkylation sites (tertiary alicyclic amines) is 1. The topological polar surface area (TPSA) is 106 Å². The molecule has 31 heavy (non-hydrogen) atoms. The van der Waals surface area contributed by atoms with E-state index in [0.29, 0.717) is 17.3 Å². The van der Waals surface area contributed by atoms with Crippen LogP contribution in [-0.2, 0) is 0 Å². The van der Waals surface area contributed by atoms with Crippen molar-refractivity contribution in [2.75, 3.05) is 18.4 Å². The molecule has 0 spiro atoms. The van der Waals surface area contributed by atoms with Gasteiger partial charge in [0.15, 0.2) is 11.6 Å². The molecule has 5 rings (SSSR count). The van der Waals surface area contributed by atoms with Crippen LogP contribution in [0.5, 0.6) is 0 Å². The molecule has 0 radical (unpaired) electrons. The van der Waals surface area contributed by atoms with Crippen LogP contribution in [-0.4, -0.2) is 60.2 Å². The van der Waals surface area contributed by atoms with Crippen LogP contribution in [0.1, 0.15) is 13.3 Å². The minimum Gasteiger partial charge on any atom is -0.364 e. The molecule has 3 N–H and O–H groups in total. The Hall–Kier alpha value is -3.72. The number of hydrogen-bond donors (Lipinski definition) is 3. The lowest BCUT2D eigenvalue weighted by molar-refractivity contribution is 0.173. The van der Waals surface area contributed by atoms with Crippen LogP contribution in [0.3, 0.4) is 0 Å². The number of anilines is 1. The van der Waals surface area contributed by atoms with Crippen molar-refractivity contribution >= 4 is 16.7 Å². The Kier molecular flexibility index (Phi) is 5.09. The Morgan fingerprint density at radius 1 is 1.32 bits per heavy atom. The largest absolute Gasteiger partial charge is 0.364 e. The molecular formula is C22H24N8O. The molecule has 3 aromatic heterocycles. The van der Waals surface area contributed by atoms with E-state index in [2.05, 4.69) is 72.0 Å². The van der Waals surface area contributed by atoms with Gasteiger partial charge in [-0.3, -0.25) is 14.9 Å². The van der Waals surface area contributed by atoms with E-state index in [1.165, 1.54) is 0 Å². The Bertz CT molecular complexity index is 1220. The van der Waals surface area contributed by atoms with Gasteiger partial charge in [0.1, 0.15) is 17.4 Å². The Labute approximate surface area is 179 Å². The Morgan fingerprint density at radius 3 is 3.10 bits per heavy atom. The van der Waals surface area contributed by atoms with E-state index in [9.17, 15) is 4.79 Å². The van der Waals surface area contributed by atoms with Gasteiger partial charge in [0, 0.05) is 43.1 Å². The number of nitrogens with zero attached hydrogens (tertiary/aromatic N) is 5. The minimum atomic E-state index is -0.357. The van der Waals surface area contributed by atoms with Crippen LogP contribution >= 0.6 is 0 Å². The van der Waals surface area contributed by atoms with Crippen LogP contribution in [0.15, 0.2) is 65.9 Å². The second-order valence-corrected chi connectivity index (χ2v) is 7.65. The van der Waals surface area contributed by atoms with Crippen molar-refractivity contribution in [3.63, 3.8) is 0 Å². The Morgan fingerprint density at radius 2 is 2.26 bits per heavy atom. The number of nitrogens with one attached hydrogen (secondary N) is 3. The minimum absolute atomic E-state index is 0.205. The summed E-state index contributed by atoms with van der Waals surface area (Å²) in [6, 6.07) is 5.99. The molecule has 0 aliphatic carbocycles. The maximum atomic E-state index is 11.5. The van der Waals surface area contributed by atoms with Gasteiger partial charge in [0.25, 0.3) is 0 Å². The lowest BCUT2D eigenvalue weighted by Crippen LogP contribution is -2.43. The van der Waals surface area contributed by atoms with Crippen molar-refractivity contribution in [1.82, 2.24) is 34.9 Å². The third-order valence-electron chi connectivity index (χ3n) is 5.55. The van der Waals surface area contributed by atoms with Gasteiger partial charge in [-0.25, -0.2) is 14.9 Å². The summed E-state index contributed by atoms with van der Waals surface area (Å²) in [4.78, 5) is 28.1. The quantitative estimate of drug-likeness (QED) is 0.587. The molecular weight excluding hydrogens is 392 g/mol. The fourth-order valence-corrected chi connectivity index (χ4v) is 4.16. The van der Waals surface area contributed by atoms with Crippen molar-refractivity contribution in [2.45, 2.75) is 25.6 Å². The molecule has 0 amide bonds. The molecule has 158 valence electrons. The molecule has 2 atom stereocenters. The summed E-state index contributed by atoms with van der Waals surface area (Å²) in [5.74, 6) is 1.11. The molecule has 1 saturated heterocycles. The molecule has 9 nitrogen and oxygen atoms in total. The molecule has 0 bridgehead atoms. The fourth-order valence-electron chi connectivity index (χ4n) is 4.16. The van der Waals surface area contributed by atoms with Crippen LogP contribution in [0.4, 0.5) is 5.82 Å². The van der Waals surface area contributed by atoms with Crippen LogP contribution in [0, 0.1) is 0 Å². The summed E-state index contributed by atoms with van der Waals surface area (Å²) < 4.78 is 0. The van der Waals surface area contributed by atoms with Gasteiger partial charge in [0.05, 0.1) is 0 Å². The van der Waals surface area contributed by atoms with Gasteiger partial charge in [0.2, 0.25) is 0 Å². The van der Waals surface area contributed by atoms with E-state index in [1.807, 2.05) is 25.1 Å². The van der Waals surface area contributed by atoms with Crippen molar-refractivity contribution < 1.29 is 0 Å². The van der Waals surface area contributed by atoms with E-state index < -0.39 is 0 Å². The zero-order chi connectivity index (χ0) is 21.2. The number of pyridine rings is 2. The summed E-state index contributed by atoms with van der Waals surface area (Å²) in [6.07, 6.45) is 15.6. The van der Waals surface area contributed by atoms with Gasteiger partial charge in [-0.2, -0.15) is 5.10 Å². The third kappa shape index (κ3) is 3.87. The number of aromatic amines is 2. The molecule has 9 heteroatoms. The average molecular weight is 416 g/mol. The molecule has 1 fully saturated rings. The summed E-state index contributed by atoms with van der Waals surface area (Å²) in [6.45, 7) is 3.89. The first kappa shape index (κ1) is 19.3. The van der Waals surface area contributed by atoms with E-state index in [0.717, 1.165) is 30.4 Å². The van der Waals surface area contributed by atoms with Crippen LogP contribution < -0.4 is 11.0 Å². The zero-order valence-electron chi connectivity index (χ0n) is 17.2. The number of rotatable bonds is 5. The van der Waals surface area contributed by atoms with Crippen molar-refractivity contribution in [3.8, 4) is 11.5 Å². The number of aromatic nitrogens is 5. The lowest BCUT2D eigenvalue weighted by Gasteiger charge is -2.34. The monoisotopic (exact) mass is 416 g/mol. The second kappa shape index (κ2) is 8.19. The first-order valence-corrected chi connectivity index (χ1v) is 10.4. The maximum absolute atomic E-state index is 11.5. The van der Waals surface area contributed by atoms with Gasteiger partial charge in [-0.05, 0) is 37.6 Å². The summed E-state index contributed by atoms with van der Waals surface area (Å²) in [5.41, 5.74) is 1.04. The molecule has 5 heterocycles. The lowest BCUT2D eigenvalue weighted by atomic mass is 10.2. The summed E-state index contributed by atoms with van der Waals surface area (Å²) >= 11 is 0. The van der Waals surface area contributed by atoms with E-state index in [1.54, 1.807) is 6.20 Å². The number of hydrogen-bond acceptors (Lipinski definition) is 7. The molecule has 1 unspecified atom stereocenters. The SMILES string of the molecule is CC=CN1C=CC=CC1N1CC[C@H](Nc2nc(-c3n[nH]c(=O)[nH]3)cc3cccnc23)C1. The molecule has 2 aliphatic rings. The van der Waals surface area contributed by atoms with Gasteiger partial charge in [-0.15, -0.1) is 0 Å². The van der Waals surface area contributed by atoms with Crippen LogP contribution in [0.25, 0.3) is 22.4 Å². The zero-order valence-corrected chi connectivity index (χ0v) is 17.2. The van der Waals surface area contributed by atoms with Crippen molar-refractivity contribution in [1.29, 1.82) is 0 Å². The van der Waals surface area contributed by atoms with E-state index >= 15 is 0 Å². The average Bonchev–Trinajstić information content (AvgIpc) is 3.43. The normalized spacial score (nSPS) is 21.5. The highest BCUT2D eigenvalue weighted by Crippen LogP contribution is 2.27. The summed E-state index contributed by atoms with van der Waals surface area (Å²) in [5, 5.41) is 11.0. The third-order valence-corrected chi connectivity index (χ3v) is 5.55. The predicted octanol–water partition coefficient (Wildman–Crippen LogP) is 2.44. The van der Waals surface area contributed by atoms with E-state index in [-0.39, 0.29) is 17.9 Å². The van der Waals surface area contributed by atoms with Gasteiger partial charge in [-0.1, -0.05) is 18.2 Å². The summed E-state index contributed by atoms with van der Waals surface area (Å²) in [7, 11) is 0. The fraction of sp³-hybridized carbons (Fsp3) is 0.273. The Balaban J connectivity index is 1.40. The first-order valence-electron chi connectivity index (χ1n) is 10.4. The van der Waals surface area contributed by atoms with Crippen molar-refractivity contribution in [3.05, 3.63) is 71.6 Å². The predicted molar refractivity (Wildman–Crippen MR) is 120 cm³/mol. The molecule has 3 aromatic rings. The van der Waals surface area contributed by atoms with Crippen molar-refractivity contribution in [2.24, 2.45) is 0 Å². The second-order valence-electron chi connectivity index (χ2n) is 7.65. The van der Waals surface area contributed by atoms with Gasteiger partial charge < -0.3 is 10.2 Å². The highest BCUT2D eigenvalue weighted by molar-refractivity contribution is 5.90. The van der Waals surface area contributed by atoms with Gasteiger partial charge >= 0.3 is 5.69 Å². The number of H-pyrrole nitrogens is 2. The highest BCUT2D eigenvalue weighted by atomic mass is 16.1. The van der Waals surface area contributed by atoms with Crippen LogP contribution in [0.2, 0.25) is 0 Å². The first-order chi connectivity index (χ1) is 15.2. The highest BCUT2D eigenvalue weighted by Gasteiger charge is 2.30. The molecule has 0 aromatic carbocycles. The standard InChI is InChI=1S/C22H24N8O/c1-2-10-29-11-4-3-7-18(29)30-12-8-16(14-30)24-21-19-15(6-5-9-23-19)13-17(25-21)20-26-22(31)28-27-20/h2-7,9-11,13,16,18H,8,12,14H2,1H3,(H,24,25)(H2,26,27,28,31)/t16-,18?/m0/s1. The number of fused-ring (bicyclic) bond motifs is 1. The molecule has 0 saturated carbocycles. The van der Waals surface area contributed by atoms with E-state index in [4.69, 9.17) is 4.98 Å². The molecule has 2 aliphatic heterocycles. The number of allylic oxidation sites excluding steroid dienone is 3. The maximum Gasteiger partial charge on any atom is 0.340 e.